The van der Waals surface area contributed by atoms with Crippen LogP contribution in [0.2, 0.25) is 0 Å². The van der Waals surface area contributed by atoms with Gasteiger partial charge in [0.25, 0.3) is 0 Å². The van der Waals surface area contributed by atoms with E-state index in [4.69, 9.17) is 14.7 Å². The van der Waals surface area contributed by atoms with E-state index in [1.807, 2.05) is 85.0 Å². The van der Waals surface area contributed by atoms with Gasteiger partial charge in [-0.25, -0.2) is 9.59 Å². The Morgan fingerprint density at radius 3 is 1.41 bits per heavy atom. The molecule has 4 unspecified atom stereocenters. The number of benzene rings is 5. The van der Waals surface area contributed by atoms with Crippen molar-refractivity contribution in [1.82, 2.24) is 0 Å². The highest BCUT2D eigenvalue weighted by Gasteiger charge is 2.43. The first-order valence-electron chi connectivity index (χ1n) is 18.6. The highest BCUT2D eigenvalue weighted by atomic mass is 16.6. The summed E-state index contributed by atoms with van der Waals surface area (Å²) in [7, 11) is 0. The maximum absolute atomic E-state index is 14.9. The average Bonchev–Trinajstić information content (AvgIpc) is 3.82. The van der Waals surface area contributed by atoms with Gasteiger partial charge < -0.3 is 14.5 Å². The van der Waals surface area contributed by atoms with Crippen molar-refractivity contribution in [1.29, 1.82) is 0 Å². The quantitative estimate of drug-likeness (QED) is 0.132. The number of ketones is 2. The minimum Gasteiger partial charge on any atom is -0.386 e. The van der Waals surface area contributed by atoms with Crippen LogP contribution >= 0.6 is 0 Å². The third kappa shape index (κ3) is 4.67. The van der Waals surface area contributed by atoms with Gasteiger partial charge in [-0.05, 0) is 71.3 Å². The maximum atomic E-state index is 14.9. The molecule has 6 aliphatic rings. The van der Waals surface area contributed by atoms with E-state index >= 15 is 0 Å². The molecule has 0 spiro atoms. The van der Waals surface area contributed by atoms with Gasteiger partial charge in [-0.1, -0.05) is 97.1 Å². The van der Waals surface area contributed by atoms with E-state index in [2.05, 4.69) is 52.3 Å². The zero-order valence-corrected chi connectivity index (χ0v) is 29.7. The summed E-state index contributed by atoms with van der Waals surface area (Å²) in [6.45, 7) is 0. The summed E-state index contributed by atoms with van der Waals surface area (Å²) in [4.78, 5) is 70.2. The van der Waals surface area contributed by atoms with Crippen molar-refractivity contribution in [2.45, 2.75) is 30.3 Å². The lowest BCUT2D eigenvalue weighted by Crippen LogP contribution is -2.38. The second-order valence-electron chi connectivity index (χ2n) is 14.6. The van der Waals surface area contributed by atoms with Gasteiger partial charge in [0.15, 0.2) is 11.6 Å². The molecule has 5 aromatic carbocycles. The Bertz CT molecular complexity index is 2620. The molecule has 3 aliphatic carbocycles. The summed E-state index contributed by atoms with van der Waals surface area (Å²) < 4.78 is 4.97. The number of aliphatic imine (C=N–C) groups is 2. The van der Waals surface area contributed by atoms with Crippen LogP contribution in [0.5, 0.6) is 0 Å². The van der Waals surface area contributed by atoms with Crippen LogP contribution in [-0.2, 0) is 4.74 Å². The molecular formula is C47H30N4O5. The lowest BCUT2D eigenvalue weighted by atomic mass is 9.75. The average molecular weight is 731 g/mol. The fourth-order valence-electron chi connectivity index (χ4n) is 9.04. The van der Waals surface area contributed by atoms with Crippen LogP contribution in [0, 0.1) is 0 Å². The van der Waals surface area contributed by atoms with E-state index in [0.717, 1.165) is 33.9 Å². The summed E-state index contributed by atoms with van der Waals surface area (Å²) in [5, 5.41) is 0.597. The smallest absolute Gasteiger partial charge is 0.346 e. The molecule has 56 heavy (non-hydrogen) atoms. The van der Waals surface area contributed by atoms with Crippen LogP contribution in [0.3, 0.4) is 0 Å². The Kier molecular flexibility index (Phi) is 6.97. The molecule has 0 saturated heterocycles. The van der Waals surface area contributed by atoms with Crippen LogP contribution in [0.4, 0.5) is 11.4 Å². The molecule has 3 heterocycles. The molecule has 11 rings (SSSR count). The zero-order valence-electron chi connectivity index (χ0n) is 29.7. The second kappa shape index (κ2) is 12.1. The summed E-state index contributed by atoms with van der Waals surface area (Å²) >= 11 is 0. The Hall–Kier alpha value is -7.26. The molecule has 4 atom stereocenters. The predicted molar refractivity (Wildman–Crippen MR) is 214 cm³/mol. The largest absolute Gasteiger partial charge is 0.386 e. The normalized spacial score (nSPS) is 23.1. The number of rotatable bonds is 5. The standard InChI is InChI=1S/C47H30N4O5/c52-42-31-19-21-33-41-34(47(55)56-46(33)54)22-20-32(40(31)41)43(53)39(42)28-23-29(50-37-17-9-7-15-35(37)48-44(50)26-11-3-1-4-12-26)25-30(24-28)51-38-18-10-8-16-36(38)49-45(51)27-13-5-2-6-14-27/h1-25,37-39,44-45H. The van der Waals surface area contributed by atoms with Crippen molar-refractivity contribution in [3.63, 3.8) is 0 Å². The molecule has 9 heteroatoms. The van der Waals surface area contributed by atoms with Crippen LogP contribution < -0.4 is 9.80 Å². The zero-order chi connectivity index (χ0) is 37.7. The maximum Gasteiger partial charge on any atom is 0.346 e. The number of ether oxygens (including phenoxy) is 1. The Balaban J connectivity index is 1.12. The van der Waals surface area contributed by atoms with E-state index in [1.165, 1.54) is 12.1 Å². The topological polar surface area (TPSA) is 109 Å². The van der Waals surface area contributed by atoms with Crippen molar-refractivity contribution in [3.8, 4) is 0 Å². The van der Waals surface area contributed by atoms with Crippen molar-refractivity contribution in [3.05, 3.63) is 191 Å². The van der Waals surface area contributed by atoms with Crippen molar-refractivity contribution < 1.29 is 23.9 Å². The number of nitrogens with zero attached hydrogens (tertiary/aromatic N) is 4. The number of hydrogen-bond donors (Lipinski definition) is 0. The van der Waals surface area contributed by atoms with Gasteiger partial charge in [-0.3, -0.25) is 19.6 Å². The van der Waals surface area contributed by atoms with Gasteiger partial charge in [0.2, 0.25) is 0 Å². The van der Waals surface area contributed by atoms with Gasteiger partial charge in [0, 0.05) is 33.3 Å². The number of hydrogen-bond acceptors (Lipinski definition) is 9. The predicted octanol–water partition coefficient (Wildman–Crippen LogP) is 8.22. The molecule has 0 amide bonds. The third-order valence-corrected chi connectivity index (χ3v) is 11.5. The number of carbonyl (C=O) groups is 4. The van der Waals surface area contributed by atoms with Crippen molar-refractivity contribution >= 4 is 57.1 Å². The Morgan fingerprint density at radius 1 is 0.482 bits per heavy atom. The minimum absolute atomic E-state index is 0.154. The Morgan fingerprint density at radius 2 is 0.929 bits per heavy atom. The monoisotopic (exact) mass is 730 g/mol. The highest BCUT2D eigenvalue weighted by molar-refractivity contribution is 6.35. The molecule has 5 aromatic rings. The van der Waals surface area contributed by atoms with Gasteiger partial charge in [0.1, 0.15) is 18.2 Å². The summed E-state index contributed by atoms with van der Waals surface area (Å²) in [6.07, 6.45) is 15.5. The first-order valence-corrected chi connectivity index (χ1v) is 18.6. The molecule has 0 bridgehead atoms. The number of anilines is 2. The van der Waals surface area contributed by atoms with E-state index in [9.17, 15) is 19.2 Å². The third-order valence-electron chi connectivity index (χ3n) is 11.5. The molecule has 0 fully saturated rings. The molecule has 0 aromatic heterocycles. The van der Waals surface area contributed by atoms with E-state index in [1.54, 1.807) is 12.1 Å². The first-order chi connectivity index (χ1) is 27.4. The van der Waals surface area contributed by atoms with Gasteiger partial charge in [-0.15, -0.1) is 0 Å². The minimum atomic E-state index is -1.20. The highest BCUT2D eigenvalue weighted by Crippen LogP contribution is 2.47. The summed E-state index contributed by atoms with van der Waals surface area (Å²) in [5.74, 6) is -3.62. The number of cyclic esters (lactones) is 2. The molecule has 0 radical (unpaired) electrons. The lowest BCUT2D eigenvalue weighted by molar-refractivity contribution is 0.0390. The molecule has 0 saturated carbocycles. The summed E-state index contributed by atoms with van der Waals surface area (Å²) in [5.41, 5.74) is 6.80. The van der Waals surface area contributed by atoms with E-state index in [-0.39, 0.29) is 52.1 Å². The second-order valence-corrected chi connectivity index (χ2v) is 14.6. The van der Waals surface area contributed by atoms with Gasteiger partial charge in [-0.2, -0.15) is 0 Å². The molecule has 3 aliphatic heterocycles. The number of carbonyl (C=O) groups excluding carboxylic acids is 4. The molecule has 9 nitrogen and oxygen atoms in total. The fraction of sp³-hybridized carbons (Fsp3) is 0.106. The van der Waals surface area contributed by atoms with E-state index < -0.39 is 29.4 Å². The number of Topliss-reactive ketones (excluding diaryl/α,β-unsaturated/α-hetero) is 2. The SMILES string of the molecule is O=C1OC(=O)c2ccc3c4c(ccc1c24)C(=O)C(c1cc(N2C4C=CC=CC4=NC2c2ccccc2)cc(N2C4C=CC=CC4=NC2c2ccccc2)c1)C3=O. The molecular weight excluding hydrogens is 701 g/mol. The van der Waals surface area contributed by atoms with Crippen molar-refractivity contribution in [2.24, 2.45) is 9.98 Å². The number of allylic oxidation sites excluding steroid dienone is 4. The Labute approximate surface area is 320 Å². The summed E-state index contributed by atoms with van der Waals surface area (Å²) in [6, 6.07) is 32.0. The lowest BCUT2D eigenvalue weighted by Gasteiger charge is -2.36. The van der Waals surface area contributed by atoms with Gasteiger partial charge in [0.05, 0.1) is 34.6 Å². The van der Waals surface area contributed by atoms with Gasteiger partial charge >= 0.3 is 11.9 Å². The molecule has 0 N–H and O–H groups in total. The number of fused-ring (bicyclic) bond motifs is 2. The van der Waals surface area contributed by atoms with Crippen LogP contribution in [0.15, 0.2) is 162 Å². The molecule has 268 valence electrons. The fourth-order valence-corrected chi connectivity index (χ4v) is 9.04. The van der Waals surface area contributed by atoms with E-state index in [0.29, 0.717) is 10.9 Å². The van der Waals surface area contributed by atoms with Crippen LogP contribution in [-0.4, -0.2) is 47.0 Å². The number of esters is 2. The first kappa shape index (κ1) is 32.2. The van der Waals surface area contributed by atoms with Crippen LogP contribution in [0.25, 0.3) is 10.8 Å². The van der Waals surface area contributed by atoms with Crippen LogP contribution in [0.1, 0.15) is 76.4 Å². The van der Waals surface area contributed by atoms with Crippen molar-refractivity contribution in [2.75, 3.05) is 9.80 Å².